The van der Waals surface area contributed by atoms with Gasteiger partial charge in [0, 0.05) is 6.42 Å². The molecule has 0 bridgehead atoms. The normalized spacial score (nSPS) is 20.7. The second-order valence-corrected chi connectivity index (χ2v) is 4.91. The molecule has 1 aliphatic heterocycles. The van der Waals surface area contributed by atoms with Crippen LogP contribution in [0.15, 0.2) is 5.16 Å². The van der Waals surface area contributed by atoms with Crippen molar-refractivity contribution in [3.8, 4) is 0 Å². The van der Waals surface area contributed by atoms with E-state index in [0.717, 1.165) is 6.26 Å². The van der Waals surface area contributed by atoms with Gasteiger partial charge in [0.25, 0.3) is 0 Å². The summed E-state index contributed by atoms with van der Waals surface area (Å²) in [7, 11) is -2.01. The van der Waals surface area contributed by atoms with Crippen molar-refractivity contribution in [2.75, 3.05) is 19.9 Å². The summed E-state index contributed by atoms with van der Waals surface area (Å²) in [6, 6.07) is 0. The molecule has 0 spiro atoms. The lowest BCUT2D eigenvalue weighted by Gasteiger charge is -2.04. The first-order chi connectivity index (χ1) is 6.92. The van der Waals surface area contributed by atoms with E-state index in [2.05, 4.69) is 14.6 Å². The molecule has 1 N–H and O–H groups in total. The second kappa shape index (κ2) is 4.58. The third kappa shape index (κ3) is 3.84. The van der Waals surface area contributed by atoms with Crippen molar-refractivity contribution < 1.29 is 22.8 Å². The van der Waals surface area contributed by atoms with Gasteiger partial charge in [-0.05, 0) is 0 Å². The van der Waals surface area contributed by atoms with Gasteiger partial charge in [0.1, 0.15) is 0 Å². The van der Waals surface area contributed by atoms with Gasteiger partial charge in [-0.15, -0.1) is 0 Å². The van der Waals surface area contributed by atoms with E-state index in [1.807, 2.05) is 0 Å². The minimum atomic E-state index is -3.26. The maximum absolute atomic E-state index is 11.0. The van der Waals surface area contributed by atoms with Crippen LogP contribution in [0.4, 0.5) is 0 Å². The van der Waals surface area contributed by atoms with Crippen LogP contribution in [0, 0.1) is 0 Å². The first kappa shape index (κ1) is 11.9. The topological polar surface area (TPSA) is 94.1 Å². The van der Waals surface area contributed by atoms with Crippen LogP contribution in [-0.4, -0.2) is 46.1 Å². The van der Waals surface area contributed by atoms with E-state index in [1.165, 1.54) is 7.11 Å². The molecular formula is C7H12N2O5S. The van der Waals surface area contributed by atoms with Crippen LogP contribution in [0.5, 0.6) is 0 Å². The van der Waals surface area contributed by atoms with Crippen LogP contribution in [0.3, 0.4) is 0 Å². The fraction of sp³-hybridized carbons (Fsp3) is 0.714. The van der Waals surface area contributed by atoms with Crippen molar-refractivity contribution in [1.29, 1.82) is 0 Å². The van der Waals surface area contributed by atoms with Crippen molar-refractivity contribution in [2.24, 2.45) is 5.16 Å². The third-order valence-electron chi connectivity index (χ3n) is 1.73. The number of carbonyl (C=O) groups excluding carboxylic acids is 1. The Hall–Kier alpha value is -1.15. The number of methoxy groups -OCH3 is 1. The number of hydrogen-bond acceptors (Lipinski definition) is 6. The molecule has 0 saturated carbocycles. The van der Waals surface area contributed by atoms with Gasteiger partial charge in [0.15, 0.2) is 0 Å². The van der Waals surface area contributed by atoms with Crippen molar-refractivity contribution in [3.05, 3.63) is 0 Å². The van der Waals surface area contributed by atoms with Crippen LogP contribution in [-0.2, 0) is 24.4 Å². The average Bonchev–Trinajstić information content (AvgIpc) is 2.61. The van der Waals surface area contributed by atoms with E-state index in [4.69, 9.17) is 4.84 Å². The molecule has 0 saturated heterocycles. The van der Waals surface area contributed by atoms with Crippen LogP contribution in [0.25, 0.3) is 0 Å². The second-order valence-electron chi connectivity index (χ2n) is 3.07. The molecule has 7 nitrogen and oxygen atoms in total. The molecule has 1 rings (SSSR count). The number of oxime groups is 1. The monoisotopic (exact) mass is 236 g/mol. The molecule has 0 radical (unpaired) electrons. The zero-order valence-electron chi connectivity index (χ0n) is 8.39. The van der Waals surface area contributed by atoms with Crippen molar-refractivity contribution >= 4 is 21.7 Å². The minimum Gasteiger partial charge on any atom is -0.466 e. The molecule has 1 heterocycles. The quantitative estimate of drug-likeness (QED) is 0.622. The molecule has 0 aliphatic carbocycles. The van der Waals surface area contributed by atoms with Crippen LogP contribution < -0.4 is 4.72 Å². The molecular weight excluding hydrogens is 224 g/mol. The highest BCUT2D eigenvalue weighted by molar-refractivity contribution is 7.88. The third-order valence-corrected chi connectivity index (χ3v) is 2.40. The Labute approximate surface area is 87.5 Å². The number of esters is 1. The lowest BCUT2D eigenvalue weighted by Crippen LogP contribution is -2.29. The molecule has 0 aromatic heterocycles. The summed E-state index contributed by atoms with van der Waals surface area (Å²) in [6.07, 6.45) is 0.530. The highest BCUT2D eigenvalue weighted by Crippen LogP contribution is 2.11. The van der Waals surface area contributed by atoms with Gasteiger partial charge in [-0.25, -0.2) is 17.9 Å². The summed E-state index contributed by atoms with van der Waals surface area (Å²) in [5.74, 6) is -0.520. The van der Waals surface area contributed by atoms with Gasteiger partial charge in [0.2, 0.25) is 16.1 Å². The molecule has 0 fully saturated rings. The largest absolute Gasteiger partial charge is 0.466 e. The van der Waals surface area contributed by atoms with E-state index in [1.54, 1.807) is 0 Å². The predicted molar refractivity (Wildman–Crippen MR) is 51.8 cm³/mol. The Morgan fingerprint density at radius 1 is 1.73 bits per heavy atom. The molecule has 1 atom stereocenters. The molecule has 86 valence electrons. The lowest BCUT2D eigenvalue weighted by atomic mass is 10.2. The number of sulfonamides is 1. The molecule has 8 heteroatoms. The summed E-state index contributed by atoms with van der Waals surface area (Å²) in [5.41, 5.74) is 0.468. The number of rotatable bonds is 4. The van der Waals surface area contributed by atoms with Crippen molar-refractivity contribution in [2.45, 2.75) is 12.5 Å². The lowest BCUT2D eigenvalue weighted by molar-refractivity contribution is -0.152. The maximum atomic E-state index is 11.0. The first-order valence-electron chi connectivity index (χ1n) is 4.16. The zero-order valence-corrected chi connectivity index (χ0v) is 9.20. The maximum Gasteiger partial charge on any atom is 0.350 e. The van der Waals surface area contributed by atoms with E-state index in [9.17, 15) is 13.2 Å². The van der Waals surface area contributed by atoms with E-state index in [-0.39, 0.29) is 13.0 Å². The van der Waals surface area contributed by atoms with E-state index < -0.39 is 22.1 Å². The summed E-state index contributed by atoms with van der Waals surface area (Å²) in [6.45, 7) is 0.0479. The SMILES string of the molecule is COC(=O)C1CC(CNS(C)(=O)=O)=NO1. The van der Waals surface area contributed by atoms with E-state index >= 15 is 0 Å². The Bertz CT molecular complexity index is 375. The van der Waals surface area contributed by atoms with Gasteiger partial charge in [0.05, 0.1) is 25.6 Å². The Balaban J connectivity index is 2.40. The fourth-order valence-electron chi connectivity index (χ4n) is 1.00. The average molecular weight is 236 g/mol. The Morgan fingerprint density at radius 2 is 2.40 bits per heavy atom. The summed E-state index contributed by atoms with van der Waals surface area (Å²) >= 11 is 0. The van der Waals surface area contributed by atoms with Gasteiger partial charge in [-0.2, -0.15) is 0 Å². The molecule has 0 aromatic carbocycles. The van der Waals surface area contributed by atoms with Crippen LogP contribution in [0.1, 0.15) is 6.42 Å². The summed E-state index contributed by atoms with van der Waals surface area (Å²) < 4.78 is 28.2. The predicted octanol–water partition coefficient (Wildman–Crippen LogP) is -1.15. The van der Waals surface area contributed by atoms with Crippen molar-refractivity contribution in [1.82, 2.24) is 4.72 Å². The summed E-state index contributed by atoms with van der Waals surface area (Å²) in [5, 5.41) is 3.58. The molecule has 0 aromatic rings. The van der Waals surface area contributed by atoms with Gasteiger partial charge in [-0.3, -0.25) is 0 Å². The fourth-order valence-corrected chi connectivity index (χ4v) is 1.43. The standard InChI is InChI=1S/C7H12N2O5S/c1-13-7(10)6-3-5(9-14-6)4-8-15(2,11)12/h6,8H,3-4H2,1-2H3. The van der Waals surface area contributed by atoms with Crippen LogP contribution >= 0.6 is 0 Å². The van der Waals surface area contributed by atoms with Gasteiger partial charge >= 0.3 is 5.97 Å². The summed E-state index contributed by atoms with van der Waals surface area (Å²) in [4.78, 5) is 15.8. The molecule has 15 heavy (non-hydrogen) atoms. The Morgan fingerprint density at radius 3 is 2.93 bits per heavy atom. The van der Waals surface area contributed by atoms with E-state index in [0.29, 0.717) is 5.71 Å². The molecule has 0 amide bonds. The molecule has 1 aliphatic rings. The Kier molecular flexibility index (Phi) is 3.64. The highest BCUT2D eigenvalue weighted by Gasteiger charge is 2.28. The number of nitrogens with one attached hydrogen (secondary N) is 1. The first-order valence-corrected chi connectivity index (χ1v) is 6.05. The molecule has 1 unspecified atom stereocenters. The van der Waals surface area contributed by atoms with Crippen molar-refractivity contribution in [3.63, 3.8) is 0 Å². The number of carbonyl (C=O) groups is 1. The minimum absolute atomic E-state index is 0.0479. The van der Waals surface area contributed by atoms with Crippen LogP contribution in [0.2, 0.25) is 0 Å². The van der Waals surface area contributed by atoms with Gasteiger partial charge in [-0.1, -0.05) is 5.16 Å². The highest BCUT2D eigenvalue weighted by atomic mass is 32.2. The number of nitrogens with zero attached hydrogens (tertiary/aromatic N) is 1. The van der Waals surface area contributed by atoms with Gasteiger partial charge < -0.3 is 9.57 Å². The number of ether oxygens (including phenoxy) is 1. The number of hydrogen-bond donors (Lipinski definition) is 1. The zero-order chi connectivity index (χ0) is 11.5. The smallest absolute Gasteiger partial charge is 0.350 e.